The van der Waals surface area contributed by atoms with E-state index >= 15 is 0 Å². The number of pyridine rings is 1. The summed E-state index contributed by atoms with van der Waals surface area (Å²) in [7, 11) is 0. The van der Waals surface area contributed by atoms with Gasteiger partial charge in [0.05, 0.1) is 17.2 Å². The second kappa shape index (κ2) is 4.18. The Balaban J connectivity index is 1.97. The number of hydrogen-bond acceptors (Lipinski definition) is 4. The lowest BCUT2D eigenvalue weighted by molar-refractivity contribution is -0.119. The molecule has 0 bridgehead atoms. The molecule has 1 unspecified atom stereocenters. The van der Waals surface area contributed by atoms with Gasteiger partial charge in [-0.3, -0.25) is 9.78 Å². The fourth-order valence-electron chi connectivity index (χ4n) is 2.25. The summed E-state index contributed by atoms with van der Waals surface area (Å²) in [5, 5.41) is 7.15. The molecule has 4 N–H and O–H groups in total. The van der Waals surface area contributed by atoms with Crippen molar-refractivity contribution in [3.05, 3.63) is 30.5 Å². The lowest BCUT2D eigenvalue weighted by Gasteiger charge is -2.14. The minimum atomic E-state index is 0.0883. The van der Waals surface area contributed by atoms with Crippen molar-refractivity contribution in [3.63, 3.8) is 0 Å². The highest BCUT2D eigenvalue weighted by Gasteiger charge is 2.21. The molecule has 0 spiro atoms. The van der Waals surface area contributed by atoms with E-state index in [0.717, 1.165) is 16.6 Å². The smallest absolute Gasteiger partial charge is 0.222 e. The fourth-order valence-corrected chi connectivity index (χ4v) is 2.25. The van der Waals surface area contributed by atoms with Crippen molar-refractivity contribution in [2.24, 2.45) is 0 Å². The third-order valence-corrected chi connectivity index (χ3v) is 3.14. The summed E-state index contributed by atoms with van der Waals surface area (Å²) in [5.41, 5.74) is 8.32. The van der Waals surface area contributed by atoms with Gasteiger partial charge < -0.3 is 16.4 Å². The Bertz CT molecular complexity index is 611. The van der Waals surface area contributed by atoms with Crippen LogP contribution in [0.15, 0.2) is 30.5 Å². The van der Waals surface area contributed by atoms with Gasteiger partial charge in [-0.15, -0.1) is 0 Å². The summed E-state index contributed by atoms with van der Waals surface area (Å²) in [6.45, 7) is 0.658. The first-order valence-corrected chi connectivity index (χ1v) is 5.90. The Labute approximate surface area is 104 Å². The number of hydrogen-bond donors (Lipinski definition) is 3. The molecule has 0 saturated carbocycles. The SMILES string of the molecule is Nc1ccc(NC2CNC(=O)C2)c2cccnc12. The van der Waals surface area contributed by atoms with Crippen molar-refractivity contribution in [2.75, 3.05) is 17.6 Å². The number of aromatic nitrogens is 1. The minimum Gasteiger partial charge on any atom is -0.397 e. The van der Waals surface area contributed by atoms with E-state index in [2.05, 4.69) is 15.6 Å². The molecule has 0 aliphatic carbocycles. The zero-order valence-corrected chi connectivity index (χ0v) is 9.81. The van der Waals surface area contributed by atoms with Gasteiger partial charge in [0.2, 0.25) is 5.91 Å². The Hall–Kier alpha value is -2.30. The molecule has 1 aliphatic rings. The van der Waals surface area contributed by atoms with Gasteiger partial charge in [0.25, 0.3) is 0 Å². The van der Waals surface area contributed by atoms with Gasteiger partial charge in [0.15, 0.2) is 0 Å². The molecule has 1 aromatic heterocycles. The topological polar surface area (TPSA) is 80.0 Å². The molecule has 1 fully saturated rings. The molecule has 1 saturated heterocycles. The van der Waals surface area contributed by atoms with Crippen molar-refractivity contribution in [3.8, 4) is 0 Å². The largest absolute Gasteiger partial charge is 0.397 e. The highest BCUT2D eigenvalue weighted by molar-refractivity contribution is 5.98. The molecule has 2 heterocycles. The number of amides is 1. The molecule has 0 radical (unpaired) electrons. The standard InChI is InChI=1S/C13H14N4O/c14-10-3-4-11(9-2-1-5-15-13(9)10)17-8-6-12(18)16-7-8/h1-5,8,17H,6-7,14H2,(H,16,18). The Morgan fingerprint density at radius 3 is 3.06 bits per heavy atom. The van der Waals surface area contributed by atoms with E-state index in [1.54, 1.807) is 6.20 Å². The van der Waals surface area contributed by atoms with Gasteiger partial charge in [0.1, 0.15) is 0 Å². The minimum absolute atomic E-state index is 0.0883. The average Bonchev–Trinajstić information content (AvgIpc) is 2.79. The second-order valence-corrected chi connectivity index (χ2v) is 4.45. The molecular weight excluding hydrogens is 228 g/mol. The number of benzene rings is 1. The molecule has 5 heteroatoms. The number of anilines is 2. The number of rotatable bonds is 2. The van der Waals surface area contributed by atoms with Crippen molar-refractivity contribution < 1.29 is 4.79 Å². The molecule has 1 atom stereocenters. The maximum absolute atomic E-state index is 11.2. The normalized spacial score (nSPS) is 18.9. The van der Waals surface area contributed by atoms with Crippen LogP contribution >= 0.6 is 0 Å². The van der Waals surface area contributed by atoms with Gasteiger partial charge in [0, 0.05) is 30.2 Å². The molecule has 1 aliphatic heterocycles. The number of carbonyl (C=O) groups is 1. The number of nitrogen functional groups attached to an aromatic ring is 1. The maximum Gasteiger partial charge on any atom is 0.222 e. The van der Waals surface area contributed by atoms with Crippen molar-refractivity contribution in [2.45, 2.75) is 12.5 Å². The molecule has 5 nitrogen and oxygen atoms in total. The van der Waals surface area contributed by atoms with E-state index < -0.39 is 0 Å². The van der Waals surface area contributed by atoms with E-state index in [0.29, 0.717) is 18.7 Å². The van der Waals surface area contributed by atoms with Crippen LogP contribution in [0.5, 0.6) is 0 Å². The van der Waals surface area contributed by atoms with Crippen LogP contribution in [-0.4, -0.2) is 23.5 Å². The van der Waals surface area contributed by atoms with E-state index in [4.69, 9.17) is 5.73 Å². The van der Waals surface area contributed by atoms with Crippen LogP contribution in [-0.2, 0) is 4.79 Å². The first kappa shape index (κ1) is 10.8. The zero-order chi connectivity index (χ0) is 12.5. The molecule has 18 heavy (non-hydrogen) atoms. The molecule has 3 rings (SSSR count). The molecule has 92 valence electrons. The van der Waals surface area contributed by atoms with Crippen molar-refractivity contribution in [1.29, 1.82) is 0 Å². The van der Waals surface area contributed by atoms with Crippen LogP contribution in [0.4, 0.5) is 11.4 Å². The number of nitrogens with one attached hydrogen (secondary N) is 2. The fraction of sp³-hybridized carbons (Fsp3) is 0.231. The van der Waals surface area contributed by atoms with Crippen LogP contribution in [0, 0.1) is 0 Å². The van der Waals surface area contributed by atoms with E-state index in [9.17, 15) is 4.79 Å². The average molecular weight is 242 g/mol. The highest BCUT2D eigenvalue weighted by Crippen LogP contribution is 2.27. The highest BCUT2D eigenvalue weighted by atomic mass is 16.1. The Morgan fingerprint density at radius 1 is 1.39 bits per heavy atom. The molecular formula is C13H14N4O. The van der Waals surface area contributed by atoms with Crippen LogP contribution < -0.4 is 16.4 Å². The zero-order valence-electron chi connectivity index (χ0n) is 9.81. The molecule has 2 aromatic rings. The van der Waals surface area contributed by atoms with Gasteiger partial charge in [-0.1, -0.05) is 0 Å². The van der Waals surface area contributed by atoms with Crippen LogP contribution in [0.3, 0.4) is 0 Å². The first-order valence-electron chi connectivity index (χ1n) is 5.90. The van der Waals surface area contributed by atoms with Crippen LogP contribution in [0.2, 0.25) is 0 Å². The number of nitrogens with zero attached hydrogens (tertiary/aromatic N) is 1. The van der Waals surface area contributed by atoms with Crippen molar-refractivity contribution >= 4 is 28.2 Å². The van der Waals surface area contributed by atoms with Gasteiger partial charge in [-0.25, -0.2) is 0 Å². The molecule has 1 amide bonds. The third kappa shape index (κ3) is 1.84. The monoisotopic (exact) mass is 242 g/mol. The lowest BCUT2D eigenvalue weighted by Crippen LogP contribution is -2.22. The summed E-state index contributed by atoms with van der Waals surface area (Å²) in [6, 6.07) is 7.75. The van der Waals surface area contributed by atoms with E-state index in [-0.39, 0.29) is 11.9 Å². The second-order valence-electron chi connectivity index (χ2n) is 4.45. The van der Waals surface area contributed by atoms with E-state index in [1.807, 2.05) is 24.3 Å². The number of nitrogens with two attached hydrogens (primary N) is 1. The van der Waals surface area contributed by atoms with Crippen LogP contribution in [0.25, 0.3) is 10.9 Å². The summed E-state index contributed by atoms with van der Waals surface area (Å²) >= 11 is 0. The van der Waals surface area contributed by atoms with Gasteiger partial charge >= 0.3 is 0 Å². The summed E-state index contributed by atoms with van der Waals surface area (Å²) in [5.74, 6) is 0.0883. The quantitative estimate of drug-likeness (QED) is 0.689. The van der Waals surface area contributed by atoms with Crippen LogP contribution in [0.1, 0.15) is 6.42 Å². The Kier molecular flexibility index (Phi) is 2.51. The predicted molar refractivity (Wildman–Crippen MR) is 71.2 cm³/mol. The number of fused-ring (bicyclic) bond motifs is 1. The maximum atomic E-state index is 11.2. The summed E-state index contributed by atoms with van der Waals surface area (Å²) < 4.78 is 0. The summed E-state index contributed by atoms with van der Waals surface area (Å²) in [6.07, 6.45) is 2.23. The van der Waals surface area contributed by atoms with E-state index in [1.165, 1.54) is 0 Å². The van der Waals surface area contributed by atoms with Gasteiger partial charge in [-0.05, 0) is 24.3 Å². The first-order chi connectivity index (χ1) is 8.74. The third-order valence-electron chi connectivity index (χ3n) is 3.14. The summed E-state index contributed by atoms with van der Waals surface area (Å²) in [4.78, 5) is 15.5. The number of carbonyl (C=O) groups excluding carboxylic acids is 1. The lowest BCUT2D eigenvalue weighted by atomic mass is 10.1. The Morgan fingerprint density at radius 2 is 2.28 bits per heavy atom. The predicted octanol–water partition coefficient (Wildman–Crippen LogP) is 1.12. The molecule has 1 aromatic carbocycles. The van der Waals surface area contributed by atoms with Crippen molar-refractivity contribution in [1.82, 2.24) is 10.3 Å². The van der Waals surface area contributed by atoms with Gasteiger partial charge in [-0.2, -0.15) is 0 Å².